The van der Waals surface area contributed by atoms with Crippen LogP contribution in [-0.2, 0) is 25.5 Å². The fourth-order valence-electron chi connectivity index (χ4n) is 4.79. The minimum atomic E-state index is -0.823. The number of nitrogens with one attached hydrogen (secondary N) is 2. The van der Waals surface area contributed by atoms with Gasteiger partial charge in [0, 0.05) is 6.42 Å². The molecule has 1 fully saturated rings. The normalized spacial score (nSPS) is 16.3. The van der Waals surface area contributed by atoms with E-state index < -0.39 is 17.0 Å². The van der Waals surface area contributed by atoms with Gasteiger partial charge in [-0.05, 0) is 57.9 Å². The summed E-state index contributed by atoms with van der Waals surface area (Å²) in [5.41, 5.74) is -0.343. The van der Waals surface area contributed by atoms with Gasteiger partial charge < -0.3 is 20.5 Å². The Labute approximate surface area is 221 Å². The van der Waals surface area contributed by atoms with Gasteiger partial charge in [0.1, 0.15) is 6.61 Å². The molecule has 1 aromatic carbocycles. The number of carbonyl (C=O) groups is 3. The summed E-state index contributed by atoms with van der Waals surface area (Å²) in [6.07, 6.45) is 9.06. The van der Waals surface area contributed by atoms with Crippen molar-refractivity contribution < 1.29 is 24.2 Å². The summed E-state index contributed by atoms with van der Waals surface area (Å²) in [5, 5.41) is 15.7. The third-order valence-corrected chi connectivity index (χ3v) is 6.94. The Hall–Kier alpha value is -2.93. The van der Waals surface area contributed by atoms with Gasteiger partial charge in [-0.3, -0.25) is 14.4 Å². The van der Waals surface area contributed by atoms with E-state index in [0.29, 0.717) is 25.7 Å². The number of aliphatic hydroxyl groups is 1. The fraction of sp³-hybridized carbons (Fsp3) is 0.567. The first-order chi connectivity index (χ1) is 17.6. The van der Waals surface area contributed by atoms with Crippen molar-refractivity contribution in [1.29, 1.82) is 0 Å². The van der Waals surface area contributed by atoms with Gasteiger partial charge in [0.2, 0.25) is 11.8 Å². The lowest BCUT2D eigenvalue weighted by atomic mass is 9.94. The van der Waals surface area contributed by atoms with Gasteiger partial charge >= 0.3 is 5.97 Å². The molecule has 0 aliphatic heterocycles. The van der Waals surface area contributed by atoms with Crippen LogP contribution in [0.4, 0.5) is 0 Å². The van der Waals surface area contributed by atoms with Crippen LogP contribution >= 0.6 is 0 Å². The molecule has 0 radical (unpaired) electrons. The van der Waals surface area contributed by atoms with E-state index in [1.54, 1.807) is 26.0 Å². The SMILES string of the molecule is C=CCCC(Cc1ccccc1)C(=O)OCC(C)(C)NC(=O)C(CC=C)CC(=O)NC1(CO)CCCC1. The average molecular weight is 513 g/mol. The van der Waals surface area contributed by atoms with Gasteiger partial charge in [-0.2, -0.15) is 0 Å². The van der Waals surface area contributed by atoms with Crippen LogP contribution in [0.25, 0.3) is 0 Å². The molecule has 2 rings (SSSR count). The Balaban J connectivity index is 1.94. The maximum absolute atomic E-state index is 13.1. The Kier molecular flexibility index (Phi) is 12.1. The molecule has 2 atom stereocenters. The Bertz CT molecular complexity index is 906. The third kappa shape index (κ3) is 10.2. The summed E-state index contributed by atoms with van der Waals surface area (Å²) in [5.74, 6) is -1.77. The molecule has 0 heterocycles. The zero-order valence-electron chi connectivity index (χ0n) is 22.5. The van der Waals surface area contributed by atoms with Gasteiger partial charge in [0.15, 0.2) is 0 Å². The molecular formula is C30H44N2O5. The van der Waals surface area contributed by atoms with Crippen molar-refractivity contribution in [3.8, 4) is 0 Å². The molecule has 7 nitrogen and oxygen atoms in total. The van der Waals surface area contributed by atoms with Crippen molar-refractivity contribution in [2.45, 2.75) is 82.7 Å². The maximum Gasteiger partial charge on any atom is 0.309 e. The summed E-state index contributed by atoms with van der Waals surface area (Å²) < 4.78 is 5.66. The number of carbonyl (C=O) groups excluding carboxylic acids is 3. The van der Waals surface area contributed by atoms with Crippen LogP contribution < -0.4 is 10.6 Å². The van der Waals surface area contributed by atoms with Crippen molar-refractivity contribution in [1.82, 2.24) is 10.6 Å². The van der Waals surface area contributed by atoms with Gasteiger partial charge in [-0.1, -0.05) is 55.3 Å². The molecule has 1 aliphatic rings. The second-order valence-electron chi connectivity index (χ2n) is 10.9. The molecule has 204 valence electrons. The van der Waals surface area contributed by atoms with Crippen LogP contribution in [0.2, 0.25) is 0 Å². The van der Waals surface area contributed by atoms with E-state index in [1.807, 2.05) is 30.3 Å². The number of allylic oxidation sites excluding steroid dienone is 2. The number of amides is 2. The first-order valence-electron chi connectivity index (χ1n) is 13.3. The number of esters is 1. The van der Waals surface area contributed by atoms with Crippen LogP contribution in [0.3, 0.4) is 0 Å². The van der Waals surface area contributed by atoms with Crippen LogP contribution in [0.5, 0.6) is 0 Å². The minimum Gasteiger partial charge on any atom is -0.463 e. The molecule has 1 aromatic rings. The van der Waals surface area contributed by atoms with E-state index in [2.05, 4.69) is 23.8 Å². The lowest BCUT2D eigenvalue weighted by molar-refractivity contribution is -0.151. The fourth-order valence-corrected chi connectivity index (χ4v) is 4.79. The van der Waals surface area contributed by atoms with Crippen molar-refractivity contribution >= 4 is 17.8 Å². The van der Waals surface area contributed by atoms with Gasteiger partial charge in [-0.15, -0.1) is 13.2 Å². The zero-order chi connectivity index (χ0) is 27.3. The van der Waals surface area contributed by atoms with E-state index >= 15 is 0 Å². The van der Waals surface area contributed by atoms with Crippen molar-refractivity contribution in [3.05, 3.63) is 61.2 Å². The van der Waals surface area contributed by atoms with Gasteiger partial charge in [0.25, 0.3) is 0 Å². The van der Waals surface area contributed by atoms with Crippen molar-refractivity contribution in [3.63, 3.8) is 0 Å². The van der Waals surface area contributed by atoms with E-state index in [-0.39, 0.29) is 43.3 Å². The molecule has 3 N–H and O–H groups in total. The lowest BCUT2D eigenvalue weighted by Crippen LogP contribution is -2.52. The van der Waals surface area contributed by atoms with Crippen molar-refractivity contribution in [2.75, 3.05) is 13.2 Å². The molecule has 0 aromatic heterocycles. The highest BCUT2D eigenvalue weighted by atomic mass is 16.5. The first kappa shape index (κ1) is 30.3. The molecule has 0 saturated heterocycles. The van der Waals surface area contributed by atoms with E-state index in [4.69, 9.17) is 4.74 Å². The quantitative estimate of drug-likeness (QED) is 0.227. The van der Waals surface area contributed by atoms with Crippen LogP contribution in [-0.4, -0.2) is 47.2 Å². The Morgan fingerprint density at radius 2 is 1.78 bits per heavy atom. The predicted octanol–water partition coefficient (Wildman–Crippen LogP) is 4.25. The molecule has 2 unspecified atom stereocenters. The highest BCUT2D eigenvalue weighted by Crippen LogP contribution is 2.29. The van der Waals surface area contributed by atoms with Crippen LogP contribution in [0, 0.1) is 11.8 Å². The van der Waals surface area contributed by atoms with Gasteiger partial charge in [-0.25, -0.2) is 0 Å². The number of benzene rings is 1. The van der Waals surface area contributed by atoms with Gasteiger partial charge in [0.05, 0.1) is 29.5 Å². The standard InChI is InChI=1S/C30H44N2O5/c1-5-7-16-25(19-23-14-9-8-10-15-23)28(36)37-22-29(3,4)32-27(35)24(13-6-2)20-26(34)31-30(21-33)17-11-12-18-30/h5-6,8-10,14-15,24-25,33H,1-2,7,11-13,16-22H2,3-4H3,(H,31,34)(H,32,35). The zero-order valence-corrected chi connectivity index (χ0v) is 22.5. The summed E-state index contributed by atoms with van der Waals surface area (Å²) >= 11 is 0. The molecule has 0 spiro atoms. The Morgan fingerprint density at radius 3 is 2.38 bits per heavy atom. The number of ether oxygens (including phenoxy) is 1. The summed E-state index contributed by atoms with van der Waals surface area (Å²) in [6.45, 7) is 11.0. The molecular weight excluding hydrogens is 468 g/mol. The van der Waals surface area contributed by atoms with E-state index in [1.165, 1.54) is 0 Å². The Morgan fingerprint density at radius 1 is 1.11 bits per heavy atom. The second kappa shape index (κ2) is 14.7. The number of hydrogen-bond acceptors (Lipinski definition) is 5. The third-order valence-electron chi connectivity index (χ3n) is 6.94. The topological polar surface area (TPSA) is 105 Å². The highest BCUT2D eigenvalue weighted by Gasteiger charge is 2.36. The first-order valence-corrected chi connectivity index (χ1v) is 13.3. The predicted molar refractivity (Wildman–Crippen MR) is 146 cm³/mol. The molecule has 7 heteroatoms. The van der Waals surface area contributed by atoms with E-state index in [0.717, 1.165) is 31.2 Å². The highest BCUT2D eigenvalue weighted by molar-refractivity contribution is 5.86. The lowest BCUT2D eigenvalue weighted by Gasteiger charge is -2.30. The number of hydrogen-bond donors (Lipinski definition) is 3. The second-order valence-corrected chi connectivity index (χ2v) is 10.9. The largest absolute Gasteiger partial charge is 0.463 e. The molecule has 1 saturated carbocycles. The van der Waals surface area contributed by atoms with Crippen molar-refractivity contribution in [2.24, 2.45) is 11.8 Å². The van der Waals surface area contributed by atoms with Crippen LogP contribution in [0.15, 0.2) is 55.6 Å². The maximum atomic E-state index is 13.1. The minimum absolute atomic E-state index is 0.00380. The molecule has 37 heavy (non-hydrogen) atoms. The number of rotatable bonds is 16. The van der Waals surface area contributed by atoms with Crippen LogP contribution in [0.1, 0.15) is 70.8 Å². The number of aliphatic hydroxyl groups excluding tert-OH is 1. The smallest absolute Gasteiger partial charge is 0.309 e. The summed E-state index contributed by atoms with van der Waals surface area (Å²) in [7, 11) is 0. The summed E-state index contributed by atoms with van der Waals surface area (Å²) in [4.78, 5) is 38.8. The molecule has 1 aliphatic carbocycles. The summed E-state index contributed by atoms with van der Waals surface area (Å²) in [6, 6.07) is 9.81. The van der Waals surface area contributed by atoms with E-state index in [9.17, 15) is 19.5 Å². The average Bonchev–Trinajstić information content (AvgIpc) is 3.34. The molecule has 0 bridgehead atoms. The molecule has 2 amide bonds. The monoisotopic (exact) mass is 512 g/mol.